The minimum Gasteiger partial charge on any atom is -0.308 e. The van der Waals surface area contributed by atoms with E-state index in [4.69, 9.17) is 5.26 Å². The summed E-state index contributed by atoms with van der Waals surface area (Å²) >= 11 is 0. The van der Waals surface area contributed by atoms with Crippen molar-refractivity contribution in [1.82, 2.24) is 9.55 Å². The predicted octanol–water partition coefficient (Wildman–Crippen LogP) is 0.682. The number of hydrogen-bond acceptors (Lipinski definition) is 2. The fourth-order valence-corrected chi connectivity index (χ4v) is 0.483. The van der Waals surface area contributed by atoms with Gasteiger partial charge in [-0.2, -0.15) is 5.26 Å². The molecule has 0 spiro atoms. The first kappa shape index (κ1) is 5.76. The third-order valence-corrected chi connectivity index (χ3v) is 0.886. The van der Waals surface area contributed by atoms with Crippen molar-refractivity contribution in [3.05, 3.63) is 18.2 Å². The van der Waals surface area contributed by atoms with E-state index < -0.39 is 6.80 Å². The van der Waals surface area contributed by atoms with E-state index in [9.17, 15) is 4.39 Å². The van der Waals surface area contributed by atoms with Gasteiger partial charge in [0.25, 0.3) is 0 Å². The molecule has 0 aliphatic carbocycles. The number of hydrogen-bond donors (Lipinski definition) is 0. The van der Waals surface area contributed by atoms with Gasteiger partial charge in [-0.15, -0.1) is 0 Å². The van der Waals surface area contributed by atoms with E-state index in [1.807, 2.05) is 0 Å². The Balaban J connectivity index is 2.90. The van der Waals surface area contributed by atoms with Gasteiger partial charge in [0.05, 0.1) is 6.33 Å². The first-order valence-electron chi connectivity index (χ1n) is 2.34. The molecule has 0 aliphatic rings. The highest BCUT2D eigenvalue weighted by Crippen LogP contribution is 1.92. The fourth-order valence-electron chi connectivity index (χ4n) is 0.483. The standard InChI is InChI=1S/C5H4FN3/c6-3-9-2-5(1-7)8-4-9/h2,4H,3H2. The van der Waals surface area contributed by atoms with Gasteiger partial charge < -0.3 is 4.57 Å². The highest BCUT2D eigenvalue weighted by molar-refractivity contribution is 5.15. The van der Waals surface area contributed by atoms with Gasteiger partial charge in [0.15, 0.2) is 12.5 Å². The maximum Gasteiger partial charge on any atom is 0.166 e. The molecule has 0 bridgehead atoms. The van der Waals surface area contributed by atoms with Crippen LogP contribution in [0.15, 0.2) is 12.5 Å². The summed E-state index contributed by atoms with van der Waals surface area (Å²) in [5.74, 6) is 0. The van der Waals surface area contributed by atoms with Crippen LogP contribution in [0.4, 0.5) is 4.39 Å². The van der Waals surface area contributed by atoms with Crippen LogP contribution in [0.1, 0.15) is 5.69 Å². The van der Waals surface area contributed by atoms with Gasteiger partial charge in [-0.3, -0.25) is 0 Å². The first-order chi connectivity index (χ1) is 4.36. The summed E-state index contributed by atoms with van der Waals surface area (Å²) in [6, 6.07) is 1.78. The molecular weight excluding hydrogens is 121 g/mol. The molecule has 0 unspecified atom stereocenters. The lowest BCUT2D eigenvalue weighted by molar-refractivity contribution is 0.377. The maximum atomic E-state index is 11.7. The average molecular weight is 125 g/mol. The van der Waals surface area contributed by atoms with E-state index in [0.717, 1.165) is 0 Å². The van der Waals surface area contributed by atoms with Crippen LogP contribution in [0.2, 0.25) is 0 Å². The molecule has 46 valence electrons. The van der Waals surface area contributed by atoms with Gasteiger partial charge in [0.2, 0.25) is 0 Å². The van der Waals surface area contributed by atoms with Crippen LogP contribution < -0.4 is 0 Å². The Labute approximate surface area is 51.4 Å². The molecule has 0 N–H and O–H groups in total. The topological polar surface area (TPSA) is 41.6 Å². The molecule has 1 aromatic heterocycles. The molecule has 0 aromatic carbocycles. The SMILES string of the molecule is N#Cc1cn(CF)cn1. The zero-order valence-corrected chi connectivity index (χ0v) is 4.58. The summed E-state index contributed by atoms with van der Waals surface area (Å²) < 4.78 is 12.9. The summed E-state index contributed by atoms with van der Waals surface area (Å²) in [5.41, 5.74) is 0.243. The largest absolute Gasteiger partial charge is 0.308 e. The highest BCUT2D eigenvalue weighted by Gasteiger charge is 1.92. The van der Waals surface area contributed by atoms with Gasteiger partial charge in [-0.25, -0.2) is 9.37 Å². The number of imidazole rings is 1. The van der Waals surface area contributed by atoms with Crippen molar-refractivity contribution in [3.63, 3.8) is 0 Å². The Hall–Kier alpha value is -1.37. The lowest BCUT2D eigenvalue weighted by Crippen LogP contribution is -1.84. The predicted molar refractivity (Wildman–Crippen MR) is 28.0 cm³/mol. The highest BCUT2D eigenvalue weighted by atomic mass is 19.1. The van der Waals surface area contributed by atoms with E-state index in [2.05, 4.69) is 4.98 Å². The summed E-state index contributed by atoms with van der Waals surface area (Å²) in [6.07, 6.45) is 2.62. The number of alkyl halides is 1. The quantitative estimate of drug-likeness (QED) is 0.553. The van der Waals surface area contributed by atoms with E-state index in [1.54, 1.807) is 6.07 Å². The second-order valence-electron chi connectivity index (χ2n) is 1.50. The smallest absolute Gasteiger partial charge is 0.166 e. The lowest BCUT2D eigenvalue weighted by Gasteiger charge is -1.84. The molecule has 4 heteroatoms. The number of aromatic nitrogens is 2. The number of nitriles is 1. The van der Waals surface area contributed by atoms with E-state index in [0.29, 0.717) is 0 Å². The summed E-state index contributed by atoms with van der Waals surface area (Å²) in [7, 11) is 0. The van der Waals surface area contributed by atoms with E-state index in [-0.39, 0.29) is 5.69 Å². The van der Waals surface area contributed by atoms with Crippen LogP contribution in [0.5, 0.6) is 0 Å². The third-order valence-electron chi connectivity index (χ3n) is 0.886. The molecule has 0 saturated heterocycles. The number of rotatable bonds is 1. The summed E-state index contributed by atoms with van der Waals surface area (Å²) in [4.78, 5) is 3.57. The van der Waals surface area contributed by atoms with Crippen molar-refractivity contribution in [3.8, 4) is 6.07 Å². The summed E-state index contributed by atoms with van der Waals surface area (Å²) in [5, 5.41) is 8.20. The Bertz CT molecular complexity index is 235. The van der Waals surface area contributed by atoms with E-state index in [1.165, 1.54) is 17.1 Å². The second-order valence-corrected chi connectivity index (χ2v) is 1.50. The van der Waals surface area contributed by atoms with Gasteiger partial charge in [-0.1, -0.05) is 0 Å². The molecule has 0 aliphatic heterocycles. The molecule has 0 atom stereocenters. The van der Waals surface area contributed by atoms with Gasteiger partial charge in [-0.05, 0) is 0 Å². The van der Waals surface area contributed by atoms with Crippen LogP contribution >= 0.6 is 0 Å². The minimum absolute atomic E-state index is 0.243. The molecule has 1 heterocycles. The first-order valence-corrected chi connectivity index (χ1v) is 2.34. The summed E-state index contributed by atoms with van der Waals surface area (Å²) in [6.45, 7) is -0.630. The third kappa shape index (κ3) is 1.05. The Morgan fingerprint density at radius 3 is 3.00 bits per heavy atom. The van der Waals surface area contributed by atoms with Crippen molar-refractivity contribution in [1.29, 1.82) is 5.26 Å². The van der Waals surface area contributed by atoms with E-state index >= 15 is 0 Å². The minimum atomic E-state index is -0.630. The molecule has 3 nitrogen and oxygen atoms in total. The lowest BCUT2D eigenvalue weighted by atomic mass is 10.5. The molecule has 0 saturated carbocycles. The van der Waals surface area contributed by atoms with Crippen molar-refractivity contribution in [2.24, 2.45) is 0 Å². The monoisotopic (exact) mass is 125 g/mol. The fraction of sp³-hybridized carbons (Fsp3) is 0.200. The van der Waals surface area contributed by atoms with Crippen LogP contribution in [0.3, 0.4) is 0 Å². The van der Waals surface area contributed by atoms with Crippen molar-refractivity contribution in [2.45, 2.75) is 6.80 Å². The Morgan fingerprint density at radius 2 is 2.67 bits per heavy atom. The average Bonchev–Trinajstić information content (AvgIpc) is 2.34. The van der Waals surface area contributed by atoms with Crippen molar-refractivity contribution >= 4 is 0 Å². The Kier molecular flexibility index (Phi) is 1.45. The van der Waals surface area contributed by atoms with Crippen molar-refractivity contribution in [2.75, 3.05) is 0 Å². The number of nitrogens with zero attached hydrogens (tertiary/aromatic N) is 3. The second kappa shape index (κ2) is 2.27. The van der Waals surface area contributed by atoms with Crippen molar-refractivity contribution < 1.29 is 4.39 Å². The van der Waals surface area contributed by atoms with Gasteiger partial charge in [0.1, 0.15) is 6.07 Å². The molecule has 9 heavy (non-hydrogen) atoms. The number of halogens is 1. The van der Waals surface area contributed by atoms with Gasteiger partial charge in [0, 0.05) is 6.20 Å². The molecule has 0 radical (unpaired) electrons. The molecular formula is C5H4FN3. The molecule has 1 aromatic rings. The normalized spacial score (nSPS) is 8.89. The maximum absolute atomic E-state index is 11.7. The van der Waals surface area contributed by atoms with Crippen LogP contribution in [0.25, 0.3) is 0 Å². The van der Waals surface area contributed by atoms with Crippen LogP contribution in [-0.4, -0.2) is 9.55 Å². The van der Waals surface area contributed by atoms with Crippen LogP contribution in [0, 0.1) is 11.3 Å². The molecule has 1 rings (SSSR count). The molecule has 0 fully saturated rings. The molecule has 0 amide bonds. The van der Waals surface area contributed by atoms with Gasteiger partial charge >= 0.3 is 0 Å². The zero-order valence-electron chi connectivity index (χ0n) is 4.58. The van der Waals surface area contributed by atoms with Crippen LogP contribution in [-0.2, 0) is 6.80 Å². The zero-order chi connectivity index (χ0) is 6.69. The Morgan fingerprint density at radius 1 is 1.89 bits per heavy atom.